The predicted octanol–water partition coefficient (Wildman–Crippen LogP) is 2.37. The zero-order valence-corrected chi connectivity index (χ0v) is 14.2. The third kappa shape index (κ3) is 3.39. The van der Waals surface area contributed by atoms with Crippen molar-refractivity contribution in [2.24, 2.45) is 0 Å². The molecule has 2 unspecified atom stereocenters. The molecule has 6 nitrogen and oxygen atoms in total. The number of pyridine rings is 1. The number of aryl methyl sites for hydroxylation is 1. The van der Waals surface area contributed by atoms with Gasteiger partial charge in [-0.3, -0.25) is 9.78 Å². The number of hydrogen-bond acceptors (Lipinski definition) is 4. The summed E-state index contributed by atoms with van der Waals surface area (Å²) in [5.41, 5.74) is 2.74. The van der Waals surface area contributed by atoms with Crippen molar-refractivity contribution >= 4 is 11.9 Å². The van der Waals surface area contributed by atoms with E-state index < -0.39 is 12.0 Å². The molecule has 1 fully saturated rings. The van der Waals surface area contributed by atoms with Gasteiger partial charge < -0.3 is 14.7 Å². The summed E-state index contributed by atoms with van der Waals surface area (Å²) in [5, 5.41) is 9.39. The predicted molar refractivity (Wildman–Crippen MR) is 92.3 cm³/mol. The van der Waals surface area contributed by atoms with Crippen molar-refractivity contribution in [3.8, 4) is 11.3 Å². The zero-order valence-electron chi connectivity index (χ0n) is 14.2. The van der Waals surface area contributed by atoms with Crippen molar-refractivity contribution in [3.05, 3.63) is 53.7 Å². The maximum absolute atomic E-state index is 12.9. The SMILES string of the molecule is COC1CC(C(=O)O)N(C(=O)c2ccc(-c3ccccc3)nc2C)C1. The van der Waals surface area contributed by atoms with Crippen LogP contribution in [0.3, 0.4) is 0 Å². The van der Waals surface area contributed by atoms with Crippen LogP contribution in [0.4, 0.5) is 0 Å². The number of ether oxygens (including phenoxy) is 1. The first-order valence-corrected chi connectivity index (χ1v) is 8.11. The summed E-state index contributed by atoms with van der Waals surface area (Å²) in [7, 11) is 1.53. The van der Waals surface area contributed by atoms with Crippen molar-refractivity contribution in [1.29, 1.82) is 0 Å². The number of likely N-dealkylation sites (tertiary alicyclic amines) is 1. The largest absolute Gasteiger partial charge is 0.480 e. The Kier molecular flexibility index (Phi) is 4.81. The number of amides is 1. The van der Waals surface area contributed by atoms with Gasteiger partial charge in [0.1, 0.15) is 6.04 Å². The van der Waals surface area contributed by atoms with Crippen LogP contribution in [-0.2, 0) is 9.53 Å². The van der Waals surface area contributed by atoms with Gasteiger partial charge in [-0.1, -0.05) is 30.3 Å². The summed E-state index contributed by atoms with van der Waals surface area (Å²) in [6.07, 6.45) is 0.0356. The molecule has 1 aromatic carbocycles. The third-order valence-electron chi connectivity index (χ3n) is 4.53. The maximum Gasteiger partial charge on any atom is 0.326 e. The number of carbonyl (C=O) groups is 2. The number of methoxy groups -OCH3 is 1. The molecule has 1 aromatic heterocycles. The highest BCUT2D eigenvalue weighted by Gasteiger charge is 2.40. The molecule has 2 atom stereocenters. The average Bonchev–Trinajstić information content (AvgIpc) is 3.06. The Balaban J connectivity index is 1.88. The molecule has 1 amide bonds. The fraction of sp³-hybridized carbons (Fsp3) is 0.316. The van der Waals surface area contributed by atoms with Gasteiger partial charge in [0.05, 0.1) is 23.1 Å². The van der Waals surface area contributed by atoms with Crippen LogP contribution < -0.4 is 0 Å². The highest BCUT2D eigenvalue weighted by Crippen LogP contribution is 2.25. The molecule has 0 bridgehead atoms. The minimum absolute atomic E-state index is 0.262. The fourth-order valence-corrected chi connectivity index (χ4v) is 3.14. The molecule has 3 rings (SSSR count). The van der Waals surface area contributed by atoms with E-state index in [0.29, 0.717) is 17.7 Å². The molecule has 1 saturated heterocycles. The standard InChI is InChI=1S/C19H20N2O4/c1-12-15(8-9-16(20-12)13-6-4-3-5-7-13)18(22)21-11-14(25-2)10-17(21)19(23)24/h3-9,14,17H,10-11H2,1-2H3,(H,23,24). The molecular weight excluding hydrogens is 320 g/mol. The molecule has 0 saturated carbocycles. The first kappa shape index (κ1) is 17.1. The molecule has 1 aliphatic heterocycles. The minimum Gasteiger partial charge on any atom is -0.480 e. The average molecular weight is 340 g/mol. The number of nitrogens with zero attached hydrogens (tertiary/aromatic N) is 2. The van der Waals surface area contributed by atoms with E-state index in [1.807, 2.05) is 30.3 Å². The molecule has 1 aliphatic rings. The smallest absolute Gasteiger partial charge is 0.326 e. The van der Waals surface area contributed by atoms with E-state index >= 15 is 0 Å². The zero-order chi connectivity index (χ0) is 18.0. The second kappa shape index (κ2) is 7.03. The van der Waals surface area contributed by atoms with Crippen molar-refractivity contribution in [1.82, 2.24) is 9.88 Å². The van der Waals surface area contributed by atoms with E-state index in [9.17, 15) is 14.7 Å². The maximum atomic E-state index is 12.9. The van der Waals surface area contributed by atoms with Gasteiger partial charge in [-0.05, 0) is 19.1 Å². The highest BCUT2D eigenvalue weighted by atomic mass is 16.5. The van der Waals surface area contributed by atoms with Crippen LogP contribution in [0.15, 0.2) is 42.5 Å². The second-order valence-corrected chi connectivity index (χ2v) is 6.10. The van der Waals surface area contributed by atoms with Crippen molar-refractivity contribution in [2.75, 3.05) is 13.7 Å². The molecule has 2 aromatic rings. The Hall–Kier alpha value is -2.73. The van der Waals surface area contributed by atoms with Crippen LogP contribution in [-0.4, -0.2) is 52.7 Å². The van der Waals surface area contributed by atoms with E-state index in [2.05, 4.69) is 4.98 Å². The number of rotatable bonds is 4. The number of carbonyl (C=O) groups excluding carboxylic acids is 1. The van der Waals surface area contributed by atoms with Gasteiger partial charge >= 0.3 is 5.97 Å². The molecule has 0 aliphatic carbocycles. The number of benzene rings is 1. The lowest BCUT2D eigenvalue weighted by molar-refractivity contribution is -0.141. The van der Waals surface area contributed by atoms with Gasteiger partial charge in [0.2, 0.25) is 0 Å². The minimum atomic E-state index is -1.01. The topological polar surface area (TPSA) is 79.7 Å². The molecular formula is C19H20N2O4. The van der Waals surface area contributed by atoms with Gasteiger partial charge in [0.25, 0.3) is 5.91 Å². The molecule has 0 radical (unpaired) electrons. The number of aliphatic carboxylic acids is 1. The summed E-state index contributed by atoms with van der Waals surface area (Å²) >= 11 is 0. The van der Waals surface area contributed by atoms with Gasteiger partial charge in [0.15, 0.2) is 0 Å². The summed E-state index contributed by atoms with van der Waals surface area (Å²) in [5.74, 6) is -1.34. The third-order valence-corrected chi connectivity index (χ3v) is 4.53. The summed E-state index contributed by atoms with van der Waals surface area (Å²) in [6.45, 7) is 2.03. The quantitative estimate of drug-likeness (QED) is 0.924. The molecule has 0 spiro atoms. The second-order valence-electron chi connectivity index (χ2n) is 6.10. The normalized spacial score (nSPS) is 19.8. The molecule has 25 heavy (non-hydrogen) atoms. The summed E-state index contributed by atoms with van der Waals surface area (Å²) in [6, 6.07) is 12.3. The van der Waals surface area contributed by atoms with Crippen molar-refractivity contribution in [3.63, 3.8) is 0 Å². The van der Waals surface area contributed by atoms with E-state index in [4.69, 9.17) is 4.74 Å². The van der Waals surface area contributed by atoms with Gasteiger partial charge in [0, 0.05) is 25.6 Å². The number of carboxylic acids is 1. The Morgan fingerprint density at radius 2 is 1.92 bits per heavy atom. The Morgan fingerprint density at radius 3 is 2.52 bits per heavy atom. The lowest BCUT2D eigenvalue weighted by atomic mass is 10.1. The van der Waals surface area contributed by atoms with Crippen molar-refractivity contribution in [2.45, 2.75) is 25.5 Å². The van der Waals surface area contributed by atoms with Crippen LogP contribution in [0.5, 0.6) is 0 Å². The number of aromatic nitrogens is 1. The fourth-order valence-electron chi connectivity index (χ4n) is 3.14. The number of carboxylic acid groups (broad SMARTS) is 1. The summed E-state index contributed by atoms with van der Waals surface area (Å²) in [4.78, 5) is 30.2. The van der Waals surface area contributed by atoms with Crippen molar-refractivity contribution < 1.29 is 19.4 Å². The highest BCUT2D eigenvalue weighted by molar-refractivity contribution is 5.98. The van der Waals surface area contributed by atoms with Gasteiger partial charge in [-0.15, -0.1) is 0 Å². The summed E-state index contributed by atoms with van der Waals surface area (Å²) < 4.78 is 5.24. The van der Waals surface area contributed by atoms with Crippen LogP contribution in [0.25, 0.3) is 11.3 Å². The van der Waals surface area contributed by atoms with E-state index in [1.165, 1.54) is 12.0 Å². The van der Waals surface area contributed by atoms with Crippen LogP contribution in [0.2, 0.25) is 0 Å². The first-order valence-electron chi connectivity index (χ1n) is 8.11. The van der Waals surface area contributed by atoms with Gasteiger partial charge in [-0.25, -0.2) is 4.79 Å². The first-order chi connectivity index (χ1) is 12.0. The Morgan fingerprint density at radius 1 is 1.20 bits per heavy atom. The van der Waals surface area contributed by atoms with Gasteiger partial charge in [-0.2, -0.15) is 0 Å². The number of hydrogen-bond donors (Lipinski definition) is 1. The molecule has 1 N–H and O–H groups in total. The van der Waals surface area contributed by atoms with Crippen LogP contribution in [0, 0.1) is 6.92 Å². The van der Waals surface area contributed by atoms with Crippen LogP contribution >= 0.6 is 0 Å². The lowest BCUT2D eigenvalue weighted by Gasteiger charge is -2.22. The molecule has 6 heteroatoms. The van der Waals surface area contributed by atoms with E-state index in [1.54, 1.807) is 19.1 Å². The Labute approximate surface area is 146 Å². The monoisotopic (exact) mass is 340 g/mol. The molecule has 2 heterocycles. The lowest BCUT2D eigenvalue weighted by Crippen LogP contribution is -2.41. The Bertz CT molecular complexity index is 791. The van der Waals surface area contributed by atoms with E-state index in [-0.39, 0.29) is 18.6 Å². The van der Waals surface area contributed by atoms with Crippen LogP contribution in [0.1, 0.15) is 22.5 Å². The molecule has 130 valence electrons. The van der Waals surface area contributed by atoms with E-state index in [0.717, 1.165) is 11.3 Å².